The fourth-order valence-corrected chi connectivity index (χ4v) is 2.23. The van der Waals surface area contributed by atoms with Gasteiger partial charge in [0.15, 0.2) is 0 Å². The lowest BCUT2D eigenvalue weighted by Crippen LogP contribution is -2.59. The molecule has 1 aliphatic rings. The van der Waals surface area contributed by atoms with E-state index in [1.54, 1.807) is 14.1 Å². The molecule has 0 aliphatic carbocycles. The summed E-state index contributed by atoms with van der Waals surface area (Å²) in [6, 6.07) is -1.03. The zero-order valence-corrected chi connectivity index (χ0v) is 15.3. The summed E-state index contributed by atoms with van der Waals surface area (Å²) < 4.78 is 0. The zero-order chi connectivity index (χ0) is 18.4. The Labute approximate surface area is 143 Å². The van der Waals surface area contributed by atoms with Crippen LogP contribution < -0.4 is 21.3 Å². The summed E-state index contributed by atoms with van der Waals surface area (Å²) >= 11 is 0. The van der Waals surface area contributed by atoms with E-state index in [0.717, 1.165) is 0 Å². The second-order valence-electron chi connectivity index (χ2n) is 6.89. The Morgan fingerprint density at radius 3 is 1.50 bits per heavy atom. The van der Waals surface area contributed by atoms with E-state index in [9.17, 15) is 14.4 Å². The molecule has 4 N–H and O–H groups in total. The highest BCUT2D eigenvalue weighted by atomic mass is 16.2. The van der Waals surface area contributed by atoms with Crippen LogP contribution in [-0.2, 0) is 0 Å². The number of carbonyl (C=O) groups excluding carboxylic acids is 3. The highest BCUT2D eigenvalue weighted by molar-refractivity contribution is 5.82. The van der Waals surface area contributed by atoms with Crippen LogP contribution in [-0.4, -0.2) is 67.4 Å². The first-order valence-corrected chi connectivity index (χ1v) is 8.21. The van der Waals surface area contributed by atoms with Crippen molar-refractivity contribution in [2.24, 2.45) is 11.8 Å². The topological polar surface area (TPSA) is 106 Å². The van der Waals surface area contributed by atoms with Crippen LogP contribution >= 0.6 is 0 Å². The van der Waals surface area contributed by atoms with Crippen molar-refractivity contribution in [1.82, 2.24) is 31.1 Å². The van der Waals surface area contributed by atoms with Crippen LogP contribution in [0.2, 0.25) is 0 Å². The van der Waals surface area contributed by atoms with Gasteiger partial charge in [-0.05, 0) is 11.8 Å². The molecule has 0 radical (unpaired) electrons. The van der Waals surface area contributed by atoms with E-state index < -0.39 is 12.3 Å². The van der Waals surface area contributed by atoms with Crippen LogP contribution in [0.3, 0.4) is 0 Å². The molecule has 1 rings (SSSR count). The van der Waals surface area contributed by atoms with Gasteiger partial charge < -0.3 is 31.1 Å². The summed E-state index contributed by atoms with van der Waals surface area (Å²) in [5, 5.41) is 10.9. The first-order chi connectivity index (χ1) is 11.1. The fraction of sp³-hybridized carbons (Fsp3) is 0.800. The fourth-order valence-electron chi connectivity index (χ4n) is 2.23. The summed E-state index contributed by atoms with van der Waals surface area (Å²) in [5.74, 6) is 0.634. The molecular weight excluding hydrogens is 312 g/mol. The van der Waals surface area contributed by atoms with Crippen LogP contribution in [0, 0.1) is 11.8 Å². The maximum absolute atomic E-state index is 12.1. The van der Waals surface area contributed by atoms with Crippen molar-refractivity contribution in [1.29, 1.82) is 0 Å². The average Bonchev–Trinajstić information content (AvgIpc) is 2.69. The van der Waals surface area contributed by atoms with Gasteiger partial charge in [-0.2, -0.15) is 0 Å². The van der Waals surface area contributed by atoms with Gasteiger partial charge in [0.2, 0.25) is 0 Å². The smallest absolute Gasteiger partial charge is 0.323 e. The Morgan fingerprint density at radius 1 is 0.875 bits per heavy atom. The van der Waals surface area contributed by atoms with E-state index in [-0.39, 0.29) is 18.1 Å². The highest BCUT2D eigenvalue weighted by Gasteiger charge is 2.43. The van der Waals surface area contributed by atoms with Crippen molar-refractivity contribution >= 4 is 18.1 Å². The lowest BCUT2D eigenvalue weighted by Gasteiger charge is -2.27. The van der Waals surface area contributed by atoms with Gasteiger partial charge in [-0.1, -0.05) is 27.7 Å². The Kier molecular flexibility index (Phi) is 7.12. The molecule has 0 unspecified atom stereocenters. The third-order valence-corrected chi connectivity index (χ3v) is 3.64. The van der Waals surface area contributed by atoms with Gasteiger partial charge in [-0.15, -0.1) is 0 Å². The number of nitrogens with zero attached hydrogens (tertiary/aromatic N) is 2. The lowest BCUT2D eigenvalue weighted by atomic mass is 10.2. The molecule has 0 saturated carbocycles. The normalized spacial score (nSPS) is 20.6. The molecule has 24 heavy (non-hydrogen) atoms. The number of urea groups is 3. The minimum absolute atomic E-state index is 0.279. The third kappa shape index (κ3) is 5.47. The SMILES string of the molecule is CC(C)CNC(=O)N[C@H]1[C@H](NC(=O)NCC(C)C)N(C)C(=O)N1C. The largest absolute Gasteiger partial charge is 0.338 e. The second kappa shape index (κ2) is 8.60. The standard InChI is InChI=1S/C15H30N6O3/c1-9(2)7-16-13(22)18-11-12(21(6)15(24)20(11)5)19-14(23)17-8-10(3)4/h9-12H,7-8H2,1-6H3,(H2,16,18,22)(H2,17,19,23)/t11-,12-/m1/s1. The molecule has 0 aromatic heterocycles. The molecule has 0 bridgehead atoms. The second-order valence-corrected chi connectivity index (χ2v) is 6.89. The van der Waals surface area contributed by atoms with E-state index in [4.69, 9.17) is 0 Å². The molecule has 0 aromatic carbocycles. The van der Waals surface area contributed by atoms with Crippen molar-refractivity contribution in [2.45, 2.75) is 40.0 Å². The molecule has 1 fully saturated rings. The molecular formula is C15H30N6O3. The van der Waals surface area contributed by atoms with Gasteiger partial charge in [-0.3, -0.25) is 0 Å². The molecule has 2 atom stereocenters. The maximum atomic E-state index is 12.1. The number of amides is 6. The quantitative estimate of drug-likeness (QED) is 0.566. The van der Waals surface area contributed by atoms with Gasteiger partial charge in [0, 0.05) is 27.2 Å². The number of rotatable bonds is 6. The summed E-state index contributed by atoms with van der Waals surface area (Å²) in [7, 11) is 3.17. The van der Waals surface area contributed by atoms with Crippen LogP contribution in [0.5, 0.6) is 0 Å². The maximum Gasteiger partial charge on any atom is 0.323 e. The van der Waals surface area contributed by atoms with Crippen molar-refractivity contribution < 1.29 is 14.4 Å². The summed E-state index contributed by atoms with van der Waals surface area (Å²) in [6.07, 6.45) is -1.31. The molecule has 6 amide bonds. The number of likely N-dealkylation sites (N-methyl/N-ethyl adjacent to an activating group) is 2. The van der Waals surface area contributed by atoms with E-state index in [0.29, 0.717) is 24.9 Å². The van der Waals surface area contributed by atoms with Gasteiger partial charge in [-0.25, -0.2) is 14.4 Å². The zero-order valence-electron chi connectivity index (χ0n) is 15.3. The molecule has 9 heteroatoms. The van der Waals surface area contributed by atoms with E-state index in [2.05, 4.69) is 21.3 Å². The van der Waals surface area contributed by atoms with Crippen LogP contribution in [0.25, 0.3) is 0 Å². The van der Waals surface area contributed by atoms with Gasteiger partial charge in [0.1, 0.15) is 12.3 Å². The molecule has 9 nitrogen and oxygen atoms in total. The molecule has 138 valence electrons. The van der Waals surface area contributed by atoms with E-state index in [1.807, 2.05) is 27.7 Å². The Hall–Kier alpha value is -2.19. The van der Waals surface area contributed by atoms with Gasteiger partial charge >= 0.3 is 18.1 Å². The Bertz CT molecular complexity index is 428. The predicted octanol–water partition coefficient (Wildman–Crippen LogP) is 0.546. The average molecular weight is 342 g/mol. The molecule has 0 aromatic rings. The highest BCUT2D eigenvalue weighted by Crippen LogP contribution is 2.16. The van der Waals surface area contributed by atoms with Crippen LogP contribution in [0.1, 0.15) is 27.7 Å². The number of hydrogen-bond donors (Lipinski definition) is 4. The minimum atomic E-state index is -0.653. The van der Waals surface area contributed by atoms with Gasteiger partial charge in [0.05, 0.1) is 0 Å². The van der Waals surface area contributed by atoms with Crippen molar-refractivity contribution in [2.75, 3.05) is 27.2 Å². The number of carbonyl (C=O) groups is 3. The summed E-state index contributed by atoms with van der Waals surface area (Å²) in [4.78, 5) is 38.9. The van der Waals surface area contributed by atoms with Crippen molar-refractivity contribution in [3.05, 3.63) is 0 Å². The van der Waals surface area contributed by atoms with Crippen LogP contribution in [0.15, 0.2) is 0 Å². The lowest BCUT2D eigenvalue weighted by molar-refractivity contribution is 0.193. The van der Waals surface area contributed by atoms with E-state index >= 15 is 0 Å². The van der Waals surface area contributed by atoms with Crippen molar-refractivity contribution in [3.63, 3.8) is 0 Å². The number of hydrogen-bond acceptors (Lipinski definition) is 3. The third-order valence-electron chi connectivity index (χ3n) is 3.64. The molecule has 1 aliphatic heterocycles. The van der Waals surface area contributed by atoms with E-state index in [1.165, 1.54) is 9.80 Å². The first kappa shape index (κ1) is 19.9. The monoisotopic (exact) mass is 342 g/mol. The predicted molar refractivity (Wildman–Crippen MR) is 91.2 cm³/mol. The minimum Gasteiger partial charge on any atom is -0.338 e. The molecule has 0 spiro atoms. The first-order valence-electron chi connectivity index (χ1n) is 8.21. The summed E-state index contributed by atoms with van der Waals surface area (Å²) in [5.41, 5.74) is 0. The molecule has 1 heterocycles. The van der Waals surface area contributed by atoms with Crippen molar-refractivity contribution in [3.8, 4) is 0 Å². The van der Waals surface area contributed by atoms with Gasteiger partial charge in [0.25, 0.3) is 0 Å². The van der Waals surface area contributed by atoms with Crippen LogP contribution in [0.4, 0.5) is 14.4 Å². The summed E-state index contributed by atoms with van der Waals surface area (Å²) in [6.45, 7) is 9.01. The molecule has 1 saturated heterocycles. The Balaban J connectivity index is 2.69. The number of nitrogens with one attached hydrogen (secondary N) is 4. The Morgan fingerprint density at radius 2 is 1.21 bits per heavy atom.